The molecule has 0 aliphatic carbocycles. The van der Waals surface area contributed by atoms with E-state index in [0.29, 0.717) is 18.1 Å². The van der Waals surface area contributed by atoms with Gasteiger partial charge in [-0.15, -0.1) is 11.3 Å². The van der Waals surface area contributed by atoms with Crippen LogP contribution < -0.4 is 20.7 Å². The van der Waals surface area contributed by atoms with E-state index in [4.69, 9.17) is 21.9 Å². The Hall–Kier alpha value is -2.71. The number of hydrogen-bond acceptors (Lipinski definition) is 5. The molecule has 3 heterocycles. The zero-order valence-electron chi connectivity index (χ0n) is 18.1. The number of amides is 1. The van der Waals surface area contributed by atoms with Crippen LogP contribution in [-0.4, -0.2) is 40.7 Å². The number of aryl methyl sites for hydroxylation is 1. The first-order valence-corrected chi connectivity index (χ1v) is 12.2. The molecule has 3 atom stereocenters. The Kier molecular flexibility index (Phi) is 5.73. The number of thiocarbonyl (C=S) groups is 1. The number of para-hydroxylation sites is 1. The summed E-state index contributed by atoms with van der Waals surface area (Å²) in [5.41, 5.74) is 4.41. The average Bonchev–Trinajstić information content (AvgIpc) is 3.34. The second kappa shape index (κ2) is 8.67. The van der Waals surface area contributed by atoms with Crippen LogP contribution in [0, 0.1) is 6.92 Å². The predicted octanol–water partition coefficient (Wildman–Crippen LogP) is 3.71. The van der Waals surface area contributed by atoms with E-state index >= 15 is 0 Å². The van der Waals surface area contributed by atoms with Gasteiger partial charge in [0, 0.05) is 24.9 Å². The van der Waals surface area contributed by atoms with Crippen molar-refractivity contribution in [1.29, 1.82) is 0 Å². The van der Waals surface area contributed by atoms with Crippen molar-refractivity contribution in [2.24, 2.45) is 0 Å². The van der Waals surface area contributed by atoms with Gasteiger partial charge in [0.1, 0.15) is 16.9 Å². The van der Waals surface area contributed by atoms with Crippen LogP contribution in [0.25, 0.3) is 20.8 Å². The largest absolute Gasteiger partial charge is 0.487 e. The molecule has 1 saturated heterocycles. The Labute approximate surface area is 196 Å². The number of nitrogens with zero attached hydrogens (tertiary/aromatic N) is 1. The van der Waals surface area contributed by atoms with E-state index in [0.717, 1.165) is 34.7 Å². The van der Waals surface area contributed by atoms with Crippen molar-refractivity contribution in [1.82, 2.24) is 20.9 Å². The third-order valence-electron chi connectivity index (χ3n) is 5.88. The lowest BCUT2D eigenvalue weighted by Crippen LogP contribution is -2.54. The number of fused-ring (bicyclic) bond motifs is 2. The Balaban J connectivity index is 1.25. The highest BCUT2D eigenvalue weighted by Gasteiger charge is 2.29. The molecule has 1 fully saturated rings. The quantitative estimate of drug-likeness (QED) is 0.498. The molecule has 6 nitrogen and oxygen atoms in total. The van der Waals surface area contributed by atoms with Crippen molar-refractivity contribution in [2.45, 2.75) is 51.3 Å². The SMILES string of the molecule is Cc1cc2c(c(-c3nc4ccccc4s3)c1)OC(CNC(=O)C[C@@H]1C[C@@H](C)NC(=S)N1)C2. The number of carbonyl (C=O) groups is 1. The summed E-state index contributed by atoms with van der Waals surface area (Å²) in [4.78, 5) is 17.3. The molecule has 32 heavy (non-hydrogen) atoms. The summed E-state index contributed by atoms with van der Waals surface area (Å²) in [7, 11) is 0. The number of aromatic nitrogens is 1. The molecule has 0 radical (unpaired) electrons. The van der Waals surface area contributed by atoms with Crippen LogP contribution in [0.1, 0.15) is 30.9 Å². The highest BCUT2D eigenvalue weighted by molar-refractivity contribution is 7.80. The number of ether oxygens (including phenoxy) is 1. The molecule has 1 unspecified atom stereocenters. The fourth-order valence-corrected chi connectivity index (χ4v) is 5.85. The van der Waals surface area contributed by atoms with E-state index < -0.39 is 0 Å². The summed E-state index contributed by atoms with van der Waals surface area (Å²) in [6.45, 7) is 4.66. The summed E-state index contributed by atoms with van der Waals surface area (Å²) in [5, 5.41) is 11.0. The molecule has 0 bridgehead atoms. The topological polar surface area (TPSA) is 75.3 Å². The smallest absolute Gasteiger partial charge is 0.222 e. The Morgan fingerprint density at radius 2 is 2.16 bits per heavy atom. The van der Waals surface area contributed by atoms with Crippen molar-refractivity contribution in [3.63, 3.8) is 0 Å². The normalized spacial score (nSPS) is 22.1. The number of rotatable bonds is 5. The van der Waals surface area contributed by atoms with Gasteiger partial charge in [0.15, 0.2) is 5.11 Å². The fraction of sp³-hybridized carbons (Fsp3) is 0.375. The fourth-order valence-electron chi connectivity index (χ4n) is 4.51. The van der Waals surface area contributed by atoms with Gasteiger partial charge in [0.25, 0.3) is 0 Å². The van der Waals surface area contributed by atoms with Crippen molar-refractivity contribution >= 4 is 44.8 Å². The van der Waals surface area contributed by atoms with Gasteiger partial charge in [-0.3, -0.25) is 4.79 Å². The molecule has 166 valence electrons. The van der Waals surface area contributed by atoms with Crippen LogP contribution in [0.2, 0.25) is 0 Å². The van der Waals surface area contributed by atoms with Gasteiger partial charge in [-0.25, -0.2) is 4.98 Å². The van der Waals surface area contributed by atoms with Gasteiger partial charge in [0.2, 0.25) is 5.91 Å². The van der Waals surface area contributed by atoms with E-state index in [2.05, 4.69) is 48.0 Å². The predicted molar refractivity (Wildman–Crippen MR) is 132 cm³/mol. The molecular weight excluding hydrogens is 440 g/mol. The molecule has 3 N–H and O–H groups in total. The van der Waals surface area contributed by atoms with Crippen molar-refractivity contribution in [3.8, 4) is 16.3 Å². The van der Waals surface area contributed by atoms with Gasteiger partial charge in [-0.1, -0.05) is 18.2 Å². The lowest BCUT2D eigenvalue weighted by molar-refractivity contribution is -0.121. The Morgan fingerprint density at radius 3 is 2.97 bits per heavy atom. The van der Waals surface area contributed by atoms with Gasteiger partial charge < -0.3 is 20.7 Å². The zero-order valence-corrected chi connectivity index (χ0v) is 19.7. The van der Waals surface area contributed by atoms with Crippen LogP contribution >= 0.6 is 23.6 Å². The third-order valence-corrected chi connectivity index (χ3v) is 7.18. The van der Waals surface area contributed by atoms with Crippen molar-refractivity contribution in [2.75, 3.05) is 6.54 Å². The molecule has 3 aromatic rings. The minimum absolute atomic E-state index is 0.0153. The minimum Gasteiger partial charge on any atom is -0.487 e. The first-order valence-electron chi connectivity index (χ1n) is 10.9. The lowest BCUT2D eigenvalue weighted by atomic mass is 10.0. The van der Waals surface area contributed by atoms with Crippen LogP contribution in [0.5, 0.6) is 5.75 Å². The molecule has 2 aromatic carbocycles. The van der Waals surface area contributed by atoms with E-state index in [1.54, 1.807) is 11.3 Å². The number of thiazole rings is 1. The third kappa shape index (κ3) is 4.42. The lowest BCUT2D eigenvalue weighted by Gasteiger charge is -2.30. The number of benzene rings is 2. The van der Waals surface area contributed by atoms with E-state index in [1.165, 1.54) is 15.8 Å². The molecular formula is C24H26N4O2S2. The first kappa shape index (κ1) is 21.2. The molecule has 5 rings (SSSR count). The van der Waals surface area contributed by atoms with E-state index in [-0.39, 0.29) is 24.1 Å². The number of hydrogen-bond donors (Lipinski definition) is 3. The zero-order chi connectivity index (χ0) is 22.2. The molecule has 8 heteroatoms. The van der Waals surface area contributed by atoms with Crippen LogP contribution in [-0.2, 0) is 11.2 Å². The van der Waals surface area contributed by atoms with E-state index in [1.807, 2.05) is 18.2 Å². The van der Waals surface area contributed by atoms with Crippen LogP contribution in [0.4, 0.5) is 0 Å². The molecule has 1 aromatic heterocycles. The highest BCUT2D eigenvalue weighted by Crippen LogP contribution is 2.42. The Bertz CT molecular complexity index is 1160. The van der Waals surface area contributed by atoms with Crippen LogP contribution in [0.3, 0.4) is 0 Å². The standard InChI is InChI=1S/C24H26N4O2S2/c1-13-7-15-10-17(12-25-21(29)11-16-9-14(2)26-24(31)27-16)30-22(15)18(8-13)23-28-19-5-3-4-6-20(19)32-23/h3-8,14,16-17H,9-12H2,1-2H3,(H,25,29)(H2,26,27,31)/t14-,16+,17?/m1/s1. The number of carbonyl (C=O) groups excluding carboxylic acids is 1. The van der Waals surface area contributed by atoms with Gasteiger partial charge in [-0.2, -0.15) is 0 Å². The van der Waals surface area contributed by atoms with E-state index in [9.17, 15) is 4.79 Å². The molecule has 2 aliphatic heterocycles. The van der Waals surface area contributed by atoms with Gasteiger partial charge >= 0.3 is 0 Å². The van der Waals surface area contributed by atoms with Crippen molar-refractivity contribution < 1.29 is 9.53 Å². The molecule has 0 saturated carbocycles. The summed E-state index contributed by atoms with van der Waals surface area (Å²) in [6.07, 6.45) is 1.97. The van der Waals surface area contributed by atoms with Gasteiger partial charge in [-0.05, 0) is 61.8 Å². The highest BCUT2D eigenvalue weighted by atomic mass is 32.1. The second-order valence-electron chi connectivity index (χ2n) is 8.69. The van der Waals surface area contributed by atoms with Gasteiger partial charge in [0.05, 0.1) is 22.3 Å². The Morgan fingerprint density at radius 1 is 1.31 bits per heavy atom. The first-order chi connectivity index (χ1) is 15.4. The molecule has 0 spiro atoms. The number of nitrogens with one attached hydrogen (secondary N) is 3. The molecule has 1 amide bonds. The summed E-state index contributed by atoms with van der Waals surface area (Å²) in [5.74, 6) is 0.912. The van der Waals surface area contributed by atoms with Crippen LogP contribution in [0.15, 0.2) is 36.4 Å². The molecule has 2 aliphatic rings. The average molecular weight is 467 g/mol. The maximum Gasteiger partial charge on any atom is 0.222 e. The monoisotopic (exact) mass is 466 g/mol. The summed E-state index contributed by atoms with van der Waals surface area (Å²) < 4.78 is 7.49. The maximum atomic E-state index is 12.5. The summed E-state index contributed by atoms with van der Waals surface area (Å²) >= 11 is 6.89. The van der Waals surface area contributed by atoms with Crippen molar-refractivity contribution in [3.05, 3.63) is 47.5 Å². The maximum absolute atomic E-state index is 12.5. The summed E-state index contributed by atoms with van der Waals surface area (Å²) in [6, 6.07) is 12.8. The minimum atomic E-state index is -0.0788. The second-order valence-corrected chi connectivity index (χ2v) is 10.1.